The summed E-state index contributed by atoms with van der Waals surface area (Å²) in [4.78, 5) is 212. The number of anilines is 1. The highest BCUT2D eigenvalue weighted by molar-refractivity contribution is 8.00. The van der Waals surface area contributed by atoms with Crippen LogP contribution in [0.2, 0.25) is 0 Å². The number of ether oxygens (including phenoxy) is 3. The van der Waals surface area contributed by atoms with Gasteiger partial charge in [0.25, 0.3) is 0 Å². The number of hydrogen-bond donors (Lipinski definition) is 27. The number of phenols is 2. The molecule has 8 rings (SSSR count). The molecule has 0 spiro atoms. The Morgan fingerprint density at radius 3 is 1.66 bits per heavy atom. The van der Waals surface area contributed by atoms with E-state index < -0.39 is 226 Å². The summed E-state index contributed by atoms with van der Waals surface area (Å²) >= 11 is 0.940. The number of aromatic hydroxyl groups is 2. The maximum atomic E-state index is 14.8. The van der Waals surface area contributed by atoms with E-state index in [1.165, 1.54) is 13.0 Å². The van der Waals surface area contributed by atoms with Crippen molar-refractivity contribution in [1.82, 2.24) is 52.8 Å². The quantitative estimate of drug-likeness (QED) is 0.00855. The summed E-state index contributed by atoms with van der Waals surface area (Å²) < 4.78 is 17.9. The van der Waals surface area contributed by atoms with Crippen LogP contribution in [0.3, 0.4) is 0 Å². The monoisotopic (exact) mass is 2040 g/mol. The van der Waals surface area contributed by atoms with Crippen molar-refractivity contribution in [3.8, 4) is 11.5 Å². The predicted octanol–water partition coefficient (Wildman–Crippen LogP) is 1.19. The first kappa shape index (κ1) is 117. The number of Topliss-reactive ketones (excluding diaryl/α,β-unsaturated/α-hetero) is 5. The Morgan fingerprint density at radius 2 is 1.10 bits per heavy atom. The summed E-state index contributed by atoms with van der Waals surface area (Å²) in [5, 5.41) is 121. The number of primary amides is 1. The second-order valence-corrected chi connectivity index (χ2v) is 38.5. The lowest BCUT2D eigenvalue weighted by molar-refractivity contribution is -0.249. The molecular formula is C98H141N23O23S. The largest absolute Gasteiger partial charge is 0.507 e. The molecule has 2 heterocycles. The highest BCUT2D eigenvalue weighted by Gasteiger charge is 2.51. The molecular weight excluding hydrogens is 1900 g/mol. The van der Waals surface area contributed by atoms with Crippen molar-refractivity contribution in [1.29, 1.82) is 27.0 Å². The first-order valence-corrected chi connectivity index (χ1v) is 49.9. The van der Waals surface area contributed by atoms with Crippen LogP contribution in [-0.2, 0) is 91.2 Å². The number of aliphatic hydroxyl groups is 3. The molecule has 47 heteroatoms. The number of alkyl carbamates (subject to hydrolysis) is 1. The van der Waals surface area contributed by atoms with Gasteiger partial charge in [0.2, 0.25) is 41.4 Å². The van der Waals surface area contributed by atoms with Gasteiger partial charge in [-0.2, -0.15) is 0 Å². The molecule has 2 unspecified atom stereocenters. The number of ketones is 7. The minimum atomic E-state index is -2.44. The lowest BCUT2D eigenvalue weighted by atomic mass is 9.71. The summed E-state index contributed by atoms with van der Waals surface area (Å²) in [7, 11) is 0. The third-order valence-corrected chi connectivity index (χ3v) is 27.5. The van der Waals surface area contributed by atoms with Crippen LogP contribution in [0.5, 0.6) is 11.5 Å². The van der Waals surface area contributed by atoms with Gasteiger partial charge in [0.15, 0.2) is 70.8 Å². The van der Waals surface area contributed by atoms with Crippen LogP contribution in [0.4, 0.5) is 10.5 Å². The summed E-state index contributed by atoms with van der Waals surface area (Å²) in [6.07, 6.45) is -6.14. The molecule has 46 nitrogen and oxygen atoms in total. The van der Waals surface area contributed by atoms with Crippen molar-refractivity contribution < 1.29 is 112 Å². The summed E-state index contributed by atoms with van der Waals surface area (Å²) in [6.45, 7) is 4.33. The van der Waals surface area contributed by atoms with Crippen molar-refractivity contribution in [3.63, 3.8) is 0 Å². The predicted molar refractivity (Wildman–Crippen MR) is 536 cm³/mol. The van der Waals surface area contributed by atoms with Crippen molar-refractivity contribution in [2.24, 2.45) is 69.7 Å². The number of imide groups is 1. The van der Waals surface area contributed by atoms with E-state index in [9.17, 15) is 97.5 Å². The van der Waals surface area contributed by atoms with Crippen LogP contribution in [0.25, 0.3) is 0 Å². The summed E-state index contributed by atoms with van der Waals surface area (Å²) in [6, 6.07) is 14.8. The van der Waals surface area contributed by atoms with E-state index in [0.29, 0.717) is 67.6 Å². The van der Waals surface area contributed by atoms with E-state index in [-0.39, 0.29) is 212 Å². The Kier molecular flexibility index (Phi) is 46.0. The lowest BCUT2D eigenvalue weighted by Crippen LogP contribution is -2.56. The number of aliphatic hydroxyl groups excluding tert-OH is 2. The van der Waals surface area contributed by atoms with E-state index >= 15 is 0 Å². The van der Waals surface area contributed by atoms with Crippen LogP contribution in [0, 0.1) is 63.6 Å². The van der Waals surface area contributed by atoms with Gasteiger partial charge >= 0.3 is 6.09 Å². The Bertz CT molecular complexity index is 5330. The van der Waals surface area contributed by atoms with Crippen molar-refractivity contribution in [3.05, 3.63) is 123 Å². The number of nitrogens with zero attached hydrogens (tertiary/aromatic N) is 1. The average molecular weight is 2040 g/mol. The number of carbonyl (C=O) groups is 15. The fourth-order valence-corrected chi connectivity index (χ4v) is 19.3. The number of thioether (sulfide) groups is 1. The standard InChI is InChI=1S/C98H141N23O23S/c1-52(19-13-34-111-92(101)102)68(123)41-58(23-14-35-112-93(103)104)89(137)118-64(26-16-37-114-95(107)108)69(124)42-59(24-15-36-113-94(105)106)90(138)119-65(27-17-38-115-96(109)110)70(125)44-60(87(100)135)51-145-73-46-76(129)121(91(73)139)39-11-5-8-28-75(128)117-66(40-55-20-6-4-7-21-55)71(126)43-57(22-9-10-33-99)88(136)116-61-31-29-56(30-32-61)50-142-97(140)120-67-45-77(143-54(3)82(67)130)144-72-48-98(141,74(127)49-122)47-63-79(72)86(134)81-80(84(63)132)83(131)62-25-12-18-53(2)78(62)85(81)133/h4,6-7,12,18,20-21,25,29-32,52,54,57-60,64-67,72-73,77,82,122,130,132,134,141H,5,8-11,13-17,19,22-24,26-28,33-51,99H2,1-3H3,(H2,100,135)(H,116,136)(H,117,128)(H,118,137)(H,119,138)(H,120,140)(H4,101,102,111)(H4,103,104,112)(H4,105,106,113)(H4,107,108,114)(H4,109,110,115)/t52-,54+,57-,58+,59+,60-,64-,65-,66+,67?,72+,73?,77+,82-,98+/m1/s1. The molecule has 0 aromatic heterocycles. The maximum absolute atomic E-state index is 14.8. The van der Waals surface area contributed by atoms with Gasteiger partial charge in [0, 0.05) is 154 Å². The van der Waals surface area contributed by atoms with Crippen LogP contribution < -0.4 is 93.3 Å². The molecule has 2 fully saturated rings. The Morgan fingerprint density at radius 1 is 0.579 bits per heavy atom. The number of nitrogens with two attached hydrogens (primary N) is 7. The molecule has 4 aliphatic rings. The molecule has 15 atom stereocenters. The first-order chi connectivity index (χ1) is 68.9. The molecule has 0 radical (unpaired) electrons. The first-order valence-electron chi connectivity index (χ1n) is 48.8. The fourth-order valence-electron chi connectivity index (χ4n) is 18.1. The highest BCUT2D eigenvalue weighted by atomic mass is 32.2. The van der Waals surface area contributed by atoms with Gasteiger partial charge in [-0.1, -0.05) is 80.4 Å². The number of phenolic OH excluding ortho intramolecular Hbond substituents is 2. The summed E-state index contributed by atoms with van der Waals surface area (Å²) in [5.74, 6) is -17.4. The number of unbranched alkanes of at least 4 members (excludes halogenated alkanes) is 3. The fraction of sp³-hybridized carbons (Fsp3) is 0.551. The number of likely N-dealkylation sites (tertiary alicyclic amines) is 1. The zero-order valence-corrected chi connectivity index (χ0v) is 82.8. The molecule has 2 aliphatic heterocycles. The minimum absolute atomic E-state index is 0.00469. The van der Waals surface area contributed by atoms with Gasteiger partial charge in [-0.3, -0.25) is 99.1 Å². The molecule has 792 valence electrons. The Balaban J connectivity index is 0.839. The van der Waals surface area contributed by atoms with Crippen LogP contribution in [0.15, 0.2) is 72.8 Å². The molecule has 4 aromatic carbocycles. The van der Waals surface area contributed by atoms with Crippen LogP contribution >= 0.6 is 11.8 Å². The summed E-state index contributed by atoms with van der Waals surface area (Å²) in [5.41, 5.74) is 37.2. The van der Waals surface area contributed by atoms with Gasteiger partial charge in [-0.15, -0.1) is 11.8 Å². The number of benzene rings is 4. The lowest BCUT2D eigenvalue weighted by Gasteiger charge is -2.42. The van der Waals surface area contributed by atoms with Gasteiger partial charge < -0.3 is 133 Å². The number of nitrogens with one attached hydrogen (secondary N) is 15. The second-order valence-electron chi connectivity index (χ2n) is 37.2. The third kappa shape index (κ3) is 35.4. The van der Waals surface area contributed by atoms with E-state index in [4.69, 9.17) is 81.4 Å². The molecule has 0 bridgehead atoms. The zero-order valence-electron chi connectivity index (χ0n) is 81.9. The molecule has 8 amide bonds. The van der Waals surface area contributed by atoms with E-state index in [0.717, 1.165) is 16.7 Å². The van der Waals surface area contributed by atoms with E-state index in [2.05, 4.69) is 53.2 Å². The number of carbonyl (C=O) groups excluding carboxylic acids is 15. The van der Waals surface area contributed by atoms with Gasteiger partial charge in [0.1, 0.15) is 42.2 Å². The third-order valence-electron chi connectivity index (χ3n) is 26.1. The maximum Gasteiger partial charge on any atom is 0.407 e. The molecule has 34 N–H and O–H groups in total. The second kappa shape index (κ2) is 57.2. The molecule has 145 heavy (non-hydrogen) atoms. The molecule has 2 aliphatic carbocycles. The van der Waals surface area contributed by atoms with Crippen molar-refractivity contribution in [2.45, 2.75) is 254 Å². The molecule has 2 saturated heterocycles. The average Bonchev–Trinajstić information content (AvgIpc) is 1.09. The van der Waals surface area contributed by atoms with Crippen LogP contribution in [-0.4, -0.2) is 260 Å². The zero-order chi connectivity index (χ0) is 106. The van der Waals surface area contributed by atoms with Crippen molar-refractivity contribution in [2.75, 3.05) is 63.5 Å². The van der Waals surface area contributed by atoms with Gasteiger partial charge in [0.05, 0.1) is 58.7 Å². The number of guanidine groups is 5. The number of hydrogen-bond acceptors (Lipinski definition) is 30. The van der Waals surface area contributed by atoms with Gasteiger partial charge in [-0.05, 0) is 146 Å². The number of aryl methyl sites for hydroxylation is 1. The number of rotatable bonds is 62. The molecule has 0 saturated carbocycles. The normalized spacial score (nSPS) is 18.9. The SMILES string of the molecule is Cc1cccc2c1C(=O)c1c(O)c3c(c(O)c1C2=O)C[C@@](O)(C(=O)CO)C[C@@H]3O[C@H]1CC(NC(=O)OCc2ccc(NC(=O)[C@H](CCCCN)CC(=O)[C@H](Cc3ccccc3)NC(=O)CCCCCN3C(=O)CC(SC[C@@H](CC(=O)[C@@H](CCCNC(=N)N)NC(=O)[C@@H](CCCNC(=N)N)CC(=O)[C@@H](CCCNC(=N)N)NC(=O)[C@@H](CCCNC(=N)N)CC(=O)[C@H](C)CCCNC(=N)N)C(N)=O)C3=O)cc2)[C@H](O)[C@H](C)O1. The minimum Gasteiger partial charge on any atom is -0.507 e. The van der Waals surface area contributed by atoms with E-state index in [1.807, 2.05) is 0 Å². The van der Waals surface area contributed by atoms with Crippen LogP contribution in [0.1, 0.15) is 234 Å². The topological polar surface area (TPSA) is 810 Å². The highest BCUT2D eigenvalue weighted by Crippen LogP contribution is 2.53. The van der Waals surface area contributed by atoms with Gasteiger partial charge in [-0.25, -0.2) is 4.79 Å². The van der Waals surface area contributed by atoms with E-state index in [1.54, 1.807) is 80.6 Å². The Labute approximate surface area is 844 Å². The van der Waals surface area contributed by atoms with Crippen molar-refractivity contribution >= 4 is 135 Å². The molecule has 4 aromatic rings. The smallest absolute Gasteiger partial charge is 0.407 e. The number of fused-ring (bicyclic) bond motifs is 3. The Hall–Kier alpha value is -13.6. The number of amides is 8.